The van der Waals surface area contributed by atoms with Gasteiger partial charge in [0.2, 0.25) is 0 Å². The summed E-state index contributed by atoms with van der Waals surface area (Å²) < 4.78 is 26.5. The molecule has 1 heterocycles. The van der Waals surface area contributed by atoms with Crippen LogP contribution in [-0.4, -0.2) is 17.0 Å². The number of halogens is 2. The number of benzene rings is 1. The predicted molar refractivity (Wildman–Crippen MR) is 70.9 cm³/mol. The summed E-state index contributed by atoms with van der Waals surface area (Å²) in [5, 5.41) is 2.93. The fraction of sp³-hybridized carbons (Fsp3) is 0.286. The van der Waals surface area contributed by atoms with Gasteiger partial charge in [0.15, 0.2) is 5.82 Å². The molecule has 0 aliphatic rings. The first-order chi connectivity index (χ1) is 9.12. The van der Waals surface area contributed by atoms with Gasteiger partial charge in [-0.05, 0) is 18.6 Å². The molecule has 0 atom stereocenters. The van der Waals surface area contributed by atoms with E-state index in [2.05, 4.69) is 15.3 Å². The first kappa shape index (κ1) is 13.4. The Balaban J connectivity index is 2.50. The summed E-state index contributed by atoms with van der Waals surface area (Å²) in [5.74, 6) is -0.303. The smallest absolute Gasteiger partial charge is 0.161 e. The van der Waals surface area contributed by atoms with Gasteiger partial charge in [-0.15, -0.1) is 0 Å². The van der Waals surface area contributed by atoms with Gasteiger partial charge >= 0.3 is 0 Å². The highest BCUT2D eigenvalue weighted by Crippen LogP contribution is 2.20. The monoisotopic (exact) mass is 263 g/mol. The second-order valence-corrected chi connectivity index (χ2v) is 4.23. The van der Waals surface area contributed by atoms with E-state index in [1.54, 1.807) is 7.05 Å². The molecule has 1 aromatic heterocycles. The van der Waals surface area contributed by atoms with Gasteiger partial charge in [-0.2, -0.15) is 0 Å². The van der Waals surface area contributed by atoms with E-state index < -0.39 is 11.6 Å². The highest BCUT2D eigenvalue weighted by atomic mass is 19.1. The van der Waals surface area contributed by atoms with Crippen LogP contribution in [0.1, 0.15) is 19.0 Å². The van der Waals surface area contributed by atoms with Gasteiger partial charge in [0.05, 0.1) is 0 Å². The van der Waals surface area contributed by atoms with Gasteiger partial charge in [-0.3, -0.25) is 0 Å². The van der Waals surface area contributed by atoms with E-state index in [1.165, 1.54) is 12.1 Å². The van der Waals surface area contributed by atoms with E-state index in [-0.39, 0.29) is 0 Å². The molecule has 0 unspecified atom stereocenters. The van der Waals surface area contributed by atoms with Crippen molar-refractivity contribution >= 4 is 5.82 Å². The maximum absolute atomic E-state index is 13.2. The van der Waals surface area contributed by atoms with Crippen LogP contribution in [0.5, 0.6) is 0 Å². The summed E-state index contributed by atoms with van der Waals surface area (Å²) in [6, 6.07) is 5.13. The lowest BCUT2D eigenvalue weighted by atomic mass is 10.2. The third-order valence-corrected chi connectivity index (χ3v) is 2.66. The summed E-state index contributed by atoms with van der Waals surface area (Å²) in [6.45, 7) is 2.04. The van der Waals surface area contributed by atoms with Crippen molar-refractivity contribution in [2.75, 3.05) is 12.4 Å². The first-order valence-electron chi connectivity index (χ1n) is 6.14. The van der Waals surface area contributed by atoms with Gasteiger partial charge in [-0.1, -0.05) is 13.3 Å². The molecule has 2 aromatic rings. The van der Waals surface area contributed by atoms with Crippen LogP contribution < -0.4 is 5.32 Å². The number of nitrogens with zero attached hydrogens (tertiary/aromatic N) is 2. The zero-order valence-corrected chi connectivity index (χ0v) is 10.9. The molecule has 0 bridgehead atoms. The van der Waals surface area contributed by atoms with Crippen LogP contribution in [0.3, 0.4) is 0 Å². The molecule has 2 rings (SSSR count). The molecule has 1 N–H and O–H groups in total. The Kier molecular flexibility index (Phi) is 4.04. The summed E-state index contributed by atoms with van der Waals surface area (Å²) in [5.41, 5.74) is 1.19. The summed E-state index contributed by atoms with van der Waals surface area (Å²) >= 11 is 0. The molecule has 0 amide bonds. The van der Waals surface area contributed by atoms with Crippen molar-refractivity contribution in [2.45, 2.75) is 19.8 Å². The van der Waals surface area contributed by atoms with Gasteiger partial charge in [0, 0.05) is 30.4 Å². The minimum Gasteiger partial charge on any atom is -0.373 e. The Morgan fingerprint density at radius 2 is 1.74 bits per heavy atom. The van der Waals surface area contributed by atoms with Crippen LogP contribution in [0, 0.1) is 11.6 Å². The third-order valence-electron chi connectivity index (χ3n) is 2.66. The highest BCUT2D eigenvalue weighted by molar-refractivity contribution is 5.57. The molecule has 0 aliphatic carbocycles. The average Bonchev–Trinajstić information content (AvgIpc) is 2.37. The quantitative estimate of drug-likeness (QED) is 0.918. The number of hydrogen-bond acceptors (Lipinski definition) is 3. The fourth-order valence-electron chi connectivity index (χ4n) is 1.82. The lowest BCUT2D eigenvalue weighted by Gasteiger charge is -2.07. The molecule has 0 spiro atoms. The van der Waals surface area contributed by atoms with Crippen molar-refractivity contribution in [3.8, 4) is 11.4 Å². The topological polar surface area (TPSA) is 37.8 Å². The number of hydrogen-bond donors (Lipinski definition) is 1. The normalized spacial score (nSPS) is 10.5. The predicted octanol–water partition coefficient (Wildman–Crippen LogP) is 3.42. The van der Waals surface area contributed by atoms with Crippen LogP contribution in [-0.2, 0) is 6.42 Å². The van der Waals surface area contributed by atoms with Crippen molar-refractivity contribution in [2.24, 2.45) is 0 Å². The minimum absolute atomic E-state index is 0.328. The number of aryl methyl sites for hydroxylation is 1. The van der Waals surface area contributed by atoms with Crippen molar-refractivity contribution in [3.63, 3.8) is 0 Å². The fourth-order valence-corrected chi connectivity index (χ4v) is 1.82. The van der Waals surface area contributed by atoms with Crippen LogP contribution in [0.2, 0.25) is 0 Å². The molecule has 0 aliphatic heterocycles. The molecule has 0 saturated carbocycles. The maximum Gasteiger partial charge on any atom is 0.161 e. The minimum atomic E-state index is -0.634. The molecule has 1 aromatic carbocycles. The standard InChI is InChI=1S/C14H15F2N3/c1-3-4-12-8-13(17-2)19-14(18-12)9-5-10(15)7-11(16)6-9/h5-8H,3-4H2,1-2H3,(H,17,18,19). The lowest BCUT2D eigenvalue weighted by Crippen LogP contribution is -2.01. The summed E-state index contributed by atoms with van der Waals surface area (Å²) in [6.07, 6.45) is 1.74. The number of anilines is 1. The highest BCUT2D eigenvalue weighted by Gasteiger charge is 2.09. The second-order valence-electron chi connectivity index (χ2n) is 4.23. The Morgan fingerprint density at radius 1 is 1.05 bits per heavy atom. The van der Waals surface area contributed by atoms with Crippen molar-refractivity contribution in [1.82, 2.24) is 9.97 Å². The van der Waals surface area contributed by atoms with E-state index in [0.29, 0.717) is 17.2 Å². The molecule has 19 heavy (non-hydrogen) atoms. The molecule has 0 fully saturated rings. The van der Waals surface area contributed by atoms with Gasteiger partial charge < -0.3 is 5.32 Å². The van der Waals surface area contributed by atoms with E-state index in [0.717, 1.165) is 24.6 Å². The molecule has 0 radical (unpaired) electrons. The van der Waals surface area contributed by atoms with Crippen molar-refractivity contribution in [1.29, 1.82) is 0 Å². The van der Waals surface area contributed by atoms with Crippen molar-refractivity contribution in [3.05, 3.63) is 41.6 Å². The molecular formula is C14H15F2N3. The Morgan fingerprint density at radius 3 is 2.32 bits per heavy atom. The van der Waals surface area contributed by atoms with E-state index in [9.17, 15) is 8.78 Å². The zero-order chi connectivity index (χ0) is 13.8. The number of aromatic nitrogens is 2. The number of rotatable bonds is 4. The Bertz CT molecular complexity index is 565. The van der Waals surface area contributed by atoms with Crippen LogP contribution in [0.25, 0.3) is 11.4 Å². The van der Waals surface area contributed by atoms with E-state index in [4.69, 9.17) is 0 Å². The Labute approximate surface area is 110 Å². The van der Waals surface area contributed by atoms with E-state index >= 15 is 0 Å². The van der Waals surface area contributed by atoms with E-state index in [1.807, 2.05) is 13.0 Å². The van der Waals surface area contributed by atoms with Gasteiger partial charge in [0.25, 0.3) is 0 Å². The summed E-state index contributed by atoms with van der Waals surface area (Å²) in [7, 11) is 1.74. The average molecular weight is 263 g/mol. The largest absolute Gasteiger partial charge is 0.373 e. The van der Waals surface area contributed by atoms with Crippen LogP contribution in [0.15, 0.2) is 24.3 Å². The summed E-state index contributed by atoms with van der Waals surface area (Å²) in [4.78, 5) is 8.57. The Hall–Kier alpha value is -2.04. The second kappa shape index (κ2) is 5.73. The van der Waals surface area contributed by atoms with Gasteiger partial charge in [-0.25, -0.2) is 18.7 Å². The zero-order valence-electron chi connectivity index (χ0n) is 10.9. The third kappa shape index (κ3) is 3.24. The SMILES string of the molecule is CCCc1cc(NC)nc(-c2cc(F)cc(F)c2)n1. The maximum atomic E-state index is 13.2. The van der Waals surface area contributed by atoms with Crippen molar-refractivity contribution < 1.29 is 8.78 Å². The molecule has 5 heteroatoms. The van der Waals surface area contributed by atoms with Gasteiger partial charge in [0.1, 0.15) is 17.5 Å². The van der Waals surface area contributed by atoms with Crippen LogP contribution >= 0.6 is 0 Å². The first-order valence-corrected chi connectivity index (χ1v) is 6.14. The lowest BCUT2D eigenvalue weighted by molar-refractivity contribution is 0.584. The molecule has 3 nitrogen and oxygen atoms in total. The molecule has 0 saturated heterocycles. The number of nitrogens with one attached hydrogen (secondary N) is 1. The molecule has 100 valence electrons. The van der Waals surface area contributed by atoms with Crippen LogP contribution in [0.4, 0.5) is 14.6 Å². The molecular weight excluding hydrogens is 248 g/mol.